The van der Waals surface area contributed by atoms with Crippen molar-refractivity contribution in [3.63, 3.8) is 0 Å². The SMILES string of the molecule is Cn1cc2nc3ccccc3c-2cc1C(N)=O. The van der Waals surface area contributed by atoms with Crippen molar-refractivity contribution < 1.29 is 4.79 Å². The van der Waals surface area contributed by atoms with Gasteiger partial charge in [-0.25, -0.2) is 4.98 Å². The fourth-order valence-electron chi connectivity index (χ4n) is 2.11. The second-order valence-corrected chi connectivity index (χ2v) is 4.06. The van der Waals surface area contributed by atoms with Gasteiger partial charge in [0.1, 0.15) is 5.69 Å². The number of hydrogen-bond acceptors (Lipinski definition) is 2. The van der Waals surface area contributed by atoms with Gasteiger partial charge in [0, 0.05) is 24.2 Å². The molecule has 0 atom stereocenters. The number of nitrogens with zero attached hydrogens (tertiary/aromatic N) is 2. The second-order valence-electron chi connectivity index (χ2n) is 4.06. The number of primary amides is 1. The van der Waals surface area contributed by atoms with Gasteiger partial charge in [-0.1, -0.05) is 18.2 Å². The summed E-state index contributed by atoms with van der Waals surface area (Å²) >= 11 is 0. The Morgan fingerprint density at radius 1 is 1.35 bits per heavy atom. The van der Waals surface area contributed by atoms with E-state index in [0.717, 1.165) is 22.2 Å². The predicted molar refractivity (Wildman–Crippen MR) is 65.9 cm³/mol. The molecule has 4 heteroatoms. The Morgan fingerprint density at radius 3 is 2.88 bits per heavy atom. The molecule has 2 N–H and O–H groups in total. The fraction of sp³-hybridized carbons (Fsp3) is 0.0769. The summed E-state index contributed by atoms with van der Waals surface area (Å²) in [5, 5.41) is 1.05. The number of carbonyl (C=O) groups excluding carboxylic acids is 1. The Kier molecular flexibility index (Phi) is 1.92. The van der Waals surface area contributed by atoms with Gasteiger partial charge in [0.25, 0.3) is 5.91 Å². The largest absolute Gasteiger partial charge is 0.364 e. The third-order valence-electron chi connectivity index (χ3n) is 2.94. The van der Waals surface area contributed by atoms with Crippen LogP contribution in [-0.2, 0) is 7.05 Å². The van der Waals surface area contributed by atoms with E-state index in [2.05, 4.69) is 4.98 Å². The van der Waals surface area contributed by atoms with Crippen LogP contribution >= 0.6 is 0 Å². The summed E-state index contributed by atoms with van der Waals surface area (Å²) < 4.78 is 1.70. The number of carbonyl (C=O) groups is 1. The van der Waals surface area contributed by atoms with E-state index in [-0.39, 0.29) is 0 Å². The van der Waals surface area contributed by atoms with Gasteiger partial charge in [0.05, 0.1) is 11.2 Å². The molecule has 1 amide bonds. The summed E-state index contributed by atoms with van der Waals surface area (Å²) in [6.45, 7) is 0. The molecular formula is C13H11N3O. The highest BCUT2D eigenvalue weighted by Gasteiger charge is 2.15. The van der Waals surface area contributed by atoms with E-state index in [1.165, 1.54) is 0 Å². The first-order valence-corrected chi connectivity index (χ1v) is 5.31. The first kappa shape index (κ1) is 9.84. The summed E-state index contributed by atoms with van der Waals surface area (Å²) in [4.78, 5) is 15.8. The third kappa shape index (κ3) is 1.38. The van der Waals surface area contributed by atoms with Crippen LogP contribution in [0.25, 0.3) is 22.2 Å². The van der Waals surface area contributed by atoms with Crippen LogP contribution in [-0.4, -0.2) is 15.5 Å². The molecule has 1 aromatic carbocycles. The van der Waals surface area contributed by atoms with Gasteiger partial charge < -0.3 is 10.3 Å². The average Bonchev–Trinajstić information content (AvgIpc) is 2.64. The van der Waals surface area contributed by atoms with Gasteiger partial charge in [0.2, 0.25) is 0 Å². The van der Waals surface area contributed by atoms with Gasteiger partial charge in [-0.2, -0.15) is 0 Å². The zero-order valence-corrected chi connectivity index (χ0v) is 9.34. The molecule has 2 aliphatic rings. The Morgan fingerprint density at radius 2 is 2.12 bits per heavy atom. The maximum Gasteiger partial charge on any atom is 0.265 e. The molecule has 0 saturated heterocycles. The molecule has 0 spiro atoms. The molecule has 0 radical (unpaired) electrons. The van der Waals surface area contributed by atoms with E-state index in [9.17, 15) is 4.79 Å². The van der Waals surface area contributed by atoms with Crippen molar-refractivity contribution in [2.24, 2.45) is 12.8 Å². The van der Waals surface area contributed by atoms with Crippen LogP contribution in [0.1, 0.15) is 10.5 Å². The van der Waals surface area contributed by atoms with Crippen molar-refractivity contribution in [3.05, 3.63) is 42.2 Å². The van der Waals surface area contributed by atoms with E-state index in [0.29, 0.717) is 5.69 Å². The van der Waals surface area contributed by atoms with E-state index in [4.69, 9.17) is 5.73 Å². The van der Waals surface area contributed by atoms with Crippen LogP contribution in [0.2, 0.25) is 0 Å². The van der Waals surface area contributed by atoms with Gasteiger partial charge in [-0.3, -0.25) is 4.79 Å². The molecular weight excluding hydrogens is 214 g/mol. The van der Waals surface area contributed by atoms with Crippen molar-refractivity contribution in [1.29, 1.82) is 0 Å². The summed E-state index contributed by atoms with van der Waals surface area (Å²) in [5.74, 6) is -0.431. The number of aryl methyl sites for hydroxylation is 1. The lowest BCUT2D eigenvalue weighted by Crippen LogP contribution is -2.17. The van der Waals surface area contributed by atoms with E-state index < -0.39 is 5.91 Å². The zero-order valence-electron chi connectivity index (χ0n) is 9.34. The molecule has 3 rings (SSSR count). The van der Waals surface area contributed by atoms with Crippen LogP contribution in [0.5, 0.6) is 0 Å². The van der Waals surface area contributed by atoms with Crippen molar-refractivity contribution in [2.45, 2.75) is 0 Å². The number of rotatable bonds is 1. The molecule has 2 aliphatic heterocycles. The lowest BCUT2D eigenvalue weighted by Gasteiger charge is -2.08. The van der Waals surface area contributed by atoms with Crippen LogP contribution in [0, 0.1) is 0 Å². The Labute approximate surface area is 98.0 Å². The summed E-state index contributed by atoms with van der Waals surface area (Å²) in [6, 6.07) is 9.66. The van der Waals surface area contributed by atoms with Crippen molar-refractivity contribution in [2.75, 3.05) is 0 Å². The maximum absolute atomic E-state index is 11.3. The molecule has 0 aliphatic carbocycles. The Bertz CT molecular complexity index is 699. The Hall–Kier alpha value is -2.36. The maximum atomic E-state index is 11.3. The number of nitrogens with two attached hydrogens (primary N) is 1. The predicted octanol–water partition coefficient (Wildman–Crippen LogP) is 1.78. The quantitative estimate of drug-likeness (QED) is 0.686. The molecule has 0 bridgehead atoms. The third-order valence-corrected chi connectivity index (χ3v) is 2.94. The van der Waals surface area contributed by atoms with Crippen LogP contribution in [0.4, 0.5) is 0 Å². The van der Waals surface area contributed by atoms with E-state index >= 15 is 0 Å². The summed E-state index contributed by atoms with van der Waals surface area (Å²) in [7, 11) is 1.79. The first-order valence-electron chi connectivity index (χ1n) is 5.31. The van der Waals surface area contributed by atoms with Crippen molar-refractivity contribution in [1.82, 2.24) is 9.55 Å². The molecule has 4 nitrogen and oxygen atoms in total. The average molecular weight is 225 g/mol. The Balaban J connectivity index is 2.44. The fourth-order valence-corrected chi connectivity index (χ4v) is 2.11. The number of aromatic nitrogens is 2. The summed E-state index contributed by atoms with van der Waals surface area (Å²) in [6.07, 6.45) is 1.83. The molecule has 0 fully saturated rings. The normalized spacial score (nSPS) is 11.1. The number of para-hydroxylation sites is 1. The lowest BCUT2D eigenvalue weighted by atomic mass is 10.1. The molecule has 0 unspecified atom stereocenters. The standard InChI is InChI=1S/C13H11N3O/c1-16-7-11-9(6-12(16)13(14)17)8-4-2-3-5-10(8)15-11/h2-7H,1H3,(H2,14,17). The van der Waals surface area contributed by atoms with E-state index in [1.54, 1.807) is 17.7 Å². The molecule has 0 aromatic heterocycles. The minimum Gasteiger partial charge on any atom is -0.364 e. The highest BCUT2D eigenvalue weighted by Crippen LogP contribution is 2.31. The number of fused-ring (bicyclic) bond motifs is 3. The smallest absolute Gasteiger partial charge is 0.265 e. The van der Waals surface area contributed by atoms with Gasteiger partial charge in [-0.05, 0) is 12.1 Å². The monoisotopic (exact) mass is 225 g/mol. The van der Waals surface area contributed by atoms with Gasteiger partial charge in [-0.15, -0.1) is 0 Å². The number of amides is 1. The van der Waals surface area contributed by atoms with Crippen molar-refractivity contribution in [3.8, 4) is 11.3 Å². The molecule has 1 aromatic rings. The van der Waals surface area contributed by atoms with Gasteiger partial charge >= 0.3 is 0 Å². The number of pyridine rings is 1. The topological polar surface area (TPSA) is 60.9 Å². The highest BCUT2D eigenvalue weighted by molar-refractivity contribution is 6.00. The van der Waals surface area contributed by atoms with Crippen molar-refractivity contribution >= 4 is 16.8 Å². The lowest BCUT2D eigenvalue weighted by molar-refractivity contribution is 0.0992. The molecule has 84 valence electrons. The second kappa shape index (κ2) is 3.31. The molecule has 2 heterocycles. The van der Waals surface area contributed by atoms with Gasteiger partial charge in [0.15, 0.2) is 0 Å². The molecule has 0 saturated carbocycles. The number of hydrogen-bond donors (Lipinski definition) is 1. The molecule has 17 heavy (non-hydrogen) atoms. The highest BCUT2D eigenvalue weighted by atomic mass is 16.1. The van der Waals surface area contributed by atoms with Crippen LogP contribution in [0.3, 0.4) is 0 Å². The minimum absolute atomic E-state index is 0.431. The van der Waals surface area contributed by atoms with Crippen LogP contribution < -0.4 is 5.73 Å². The van der Waals surface area contributed by atoms with Crippen LogP contribution in [0.15, 0.2) is 36.5 Å². The zero-order chi connectivity index (χ0) is 12.0. The van der Waals surface area contributed by atoms with E-state index in [1.807, 2.05) is 30.5 Å². The first-order chi connectivity index (χ1) is 8.16. The number of benzene rings is 1. The minimum atomic E-state index is -0.431. The summed E-state index contributed by atoms with van der Waals surface area (Å²) in [5.41, 5.74) is 8.59.